The largest absolute Gasteiger partial charge is 0.310 e. The van der Waals surface area contributed by atoms with Gasteiger partial charge in [0.1, 0.15) is 0 Å². The fraction of sp³-hybridized carbons (Fsp3) is 0.298. The van der Waals surface area contributed by atoms with Gasteiger partial charge in [-0.2, -0.15) is 0 Å². The second kappa shape index (κ2) is 16.8. The predicted molar refractivity (Wildman–Crippen MR) is 256 cm³/mol. The Hall–Kier alpha value is -5.40. The maximum atomic E-state index is 4.24. The van der Waals surface area contributed by atoms with Gasteiger partial charge in [-0.1, -0.05) is 185 Å². The Balaban J connectivity index is 0.00000138. The second-order valence-electron chi connectivity index (χ2n) is 17.0. The average Bonchev–Trinajstić information content (AvgIpc) is 3.73. The number of hydrogen-bond acceptors (Lipinski definition) is 1. The van der Waals surface area contributed by atoms with Gasteiger partial charge < -0.3 is 4.90 Å². The lowest BCUT2D eigenvalue weighted by Gasteiger charge is -2.31. The standard InChI is InChI=1S/C53H53N.2C2H6/c1-10-13-14-18-37-34-51(4,5)48-31-36(23-28-41(37)48)35-21-24-38(25-22-35)54(39-26-29-44-42(17-11-2)46(12-3)52(6,7)49(44)32-39)40-27-30-45-43-19-15-16-20-47(43)53(8,9)50(45)33-40;2*1-2/h10-30,32-34,48H,3,31H2,1-2,4-9H3;2*1-2H3/b13-10-,17-11-,18-14-;;. The van der Waals surface area contributed by atoms with Crippen molar-refractivity contribution < 1.29 is 0 Å². The normalized spacial score (nSPS) is 19.0. The quantitative estimate of drug-likeness (QED) is 0.162. The molecule has 0 aliphatic heterocycles. The fourth-order valence-electron chi connectivity index (χ4n) is 9.74. The highest BCUT2D eigenvalue weighted by Gasteiger charge is 2.40. The van der Waals surface area contributed by atoms with Gasteiger partial charge >= 0.3 is 0 Å². The molecule has 0 bridgehead atoms. The van der Waals surface area contributed by atoms with Gasteiger partial charge in [-0.15, -0.1) is 0 Å². The Labute approximate surface area is 351 Å². The topological polar surface area (TPSA) is 3.24 Å². The van der Waals surface area contributed by atoms with Crippen LogP contribution in [0.4, 0.5) is 17.1 Å². The summed E-state index contributed by atoms with van der Waals surface area (Å²) >= 11 is 0. The Morgan fingerprint density at radius 3 is 1.86 bits per heavy atom. The molecule has 0 amide bonds. The molecule has 4 aromatic carbocycles. The first kappa shape index (κ1) is 42.2. The summed E-state index contributed by atoms with van der Waals surface area (Å²) < 4.78 is 0. The van der Waals surface area contributed by atoms with E-state index in [1.807, 2.05) is 33.8 Å². The molecule has 0 N–H and O–H groups in total. The van der Waals surface area contributed by atoms with Crippen molar-refractivity contribution in [3.63, 3.8) is 0 Å². The molecule has 1 nitrogen and oxygen atoms in total. The van der Waals surface area contributed by atoms with Gasteiger partial charge in [0.05, 0.1) is 0 Å². The van der Waals surface area contributed by atoms with Crippen LogP contribution in [0.25, 0.3) is 22.3 Å². The molecule has 58 heavy (non-hydrogen) atoms. The molecule has 4 aromatic rings. The third kappa shape index (κ3) is 7.19. The van der Waals surface area contributed by atoms with Gasteiger partial charge in [0.15, 0.2) is 0 Å². The van der Waals surface area contributed by atoms with Crippen molar-refractivity contribution >= 4 is 28.2 Å². The second-order valence-corrected chi connectivity index (χ2v) is 17.0. The Bertz CT molecular complexity index is 2410. The maximum Gasteiger partial charge on any atom is 0.0465 e. The summed E-state index contributed by atoms with van der Waals surface area (Å²) in [5.74, 6) is 0.467. The van der Waals surface area contributed by atoms with E-state index in [1.165, 1.54) is 72.5 Å². The van der Waals surface area contributed by atoms with Crippen molar-refractivity contribution in [1.82, 2.24) is 0 Å². The van der Waals surface area contributed by atoms with E-state index >= 15 is 0 Å². The maximum absolute atomic E-state index is 4.24. The van der Waals surface area contributed by atoms with Crippen LogP contribution in [0.15, 0.2) is 169 Å². The van der Waals surface area contributed by atoms with Crippen LogP contribution < -0.4 is 4.90 Å². The lowest BCUT2D eigenvalue weighted by Crippen LogP contribution is -2.20. The third-order valence-corrected chi connectivity index (χ3v) is 12.6. The highest BCUT2D eigenvalue weighted by Crippen LogP contribution is 2.54. The molecule has 1 heteroatoms. The molecule has 0 heterocycles. The number of hydrogen-bond donors (Lipinski definition) is 0. The monoisotopic (exact) mass is 764 g/mol. The SMILES string of the molecule is C=CC1=C(/C=C\C)c2ccc(N(c3ccc(C4=CC=C5C(/C=C\C=C/C)=CC(C)(C)C5C4)cc3)c3ccc4c(c3)C(C)(C)c3ccccc3-4)cc2C1(C)C.CC.CC. The molecular formula is C57H65N. The molecule has 298 valence electrons. The zero-order valence-corrected chi connectivity index (χ0v) is 37.3. The highest BCUT2D eigenvalue weighted by atomic mass is 15.1. The minimum atomic E-state index is -0.163. The molecule has 0 saturated carbocycles. The minimum Gasteiger partial charge on any atom is -0.310 e. The summed E-state index contributed by atoms with van der Waals surface area (Å²) in [6.07, 6.45) is 23.3. The Morgan fingerprint density at radius 1 is 0.621 bits per heavy atom. The van der Waals surface area contributed by atoms with Crippen LogP contribution in [0, 0.1) is 11.3 Å². The van der Waals surface area contributed by atoms with Gasteiger partial charge in [-0.3, -0.25) is 0 Å². The number of nitrogens with zero attached hydrogens (tertiary/aromatic N) is 1. The van der Waals surface area contributed by atoms with Crippen molar-refractivity contribution in [2.45, 2.75) is 100 Å². The molecule has 4 aliphatic carbocycles. The summed E-state index contributed by atoms with van der Waals surface area (Å²) in [4.78, 5) is 2.46. The van der Waals surface area contributed by atoms with Crippen LogP contribution in [0.3, 0.4) is 0 Å². The van der Waals surface area contributed by atoms with Crippen molar-refractivity contribution in [2.75, 3.05) is 4.90 Å². The summed E-state index contributed by atoms with van der Waals surface area (Å²) in [5, 5.41) is 0. The predicted octanol–water partition coefficient (Wildman–Crippen LogP) is 16.8. The smallest absolute Gasteiger partial charge is 0.0465 e. The van der Waals surface area contributed by atoms with E-state index in [2.05, 4.69) is 206 Å². The summed E-state index contributed by atoms with van der Waals surface area (Å²) in [6.45, 7) is 30.6. The van der Waals surface area contributed by atoms with Crippen LogP contribution in [0.1, 0.15) is 117 Å². The molecule has 0 saturated heterocycles. The number of anilines is 3. The first-order chi connectivity index (χ1) is 27.9. The molecule has 0 aromatic heterocycles. The van der Waals surface area contributed by atoms with E-state index in [0.717, 1.165) is 17.8 Å². The summed E-state index contributed by atoms with van der Waals surface area (Å²) in [7, 11) is 0. The van der Waals surface area contributed by atoms with Gasteiger partial charge in [-0.05, 0) is 135 Å². The molecule has 1 atom stereocenters. The summed E-state index contributed by atoms with van der Waals surface area (Å²) in [5.41, 5.74) is 19.5. The van der Waals surface area contributed by atoms with Crippen molar-refractivity contribution in [2.24, 2.45) is 11.3 Å². The number of fused-ring (bicyclic) bond motifs is 5. The molecule has 0 fully saturated rings. The first-order valence-electron chi connectivity index (χ1n) is 21.6. The van der Waals surface area contributed by atoms with Gasteiger partial charge in [0, 0.05) is 27.9 Å². The van der Waals surface area contributed by atoms with E-state index < -0.39 is 0 Å². The number of benzene rings is 4. The van der Waals surface area contributed by atoms with E-state index in [-0.39, 0.29) is 16.2 Å². The van der Waals surface area contributed by atoms with Gasteiger partial charge in [-0.25, -0.2) is 0 Å². The van der Waals surface area contributed by atoms with Gasteiger partial charge in [0.2, 0.25) is 0 Å². The van der Waals surface area contributed by atoms with Crippen molar-refractivity contribution in [3.8, 4) is 11.1 Å². The Kier molecular flexibility index (Phi) is 12.2. The van der Waals surface area contributed by atoms with Crippen LogP contribution in [-0.4, -0.2) is 0 Å². The van der Waals surface area contributed by atoms with E-state index in [1.54, 1.807) is 0 Å². The fourth-order valence-corrected chi connectivity index (χ4v) is 9.74. The van der Waals surface area contributed by atoms with Crippen molar-refractivity contribution in [3.05, 3.63) is 197 Å². The van der Waals surface area contributed by atoms with E-state index in [0.29, 0.717) is 5.92 Å². The molecule has 8 rings (SSSR count). The van der Waals surface area contributed by atoms with Crippen LogP contribution in [0.2, 0.25) is 0 Å². The third-order valence-electron chi connectivity index (χ3n) is 12.6. The molecule has 0 radical (unpaired) electrons. The highest BCUT2D eigenvalue weighted by molar-refractivity contribution is 5.91. The van der Waals surface area contributed by atoms with Gasteiger partial charge in [0.25, 0.3) is 0 Å². The Morgan fingerprint density at radius 2 is 1.22 bits per heavy atom. The molecule has 1 unspecified atom stereocenters. The zero-order valence-electron chi connectivity index (χ0n) is 37.3. The molecule has 4 aliphatic rings. The minimum absolute atomic E-state index is 0.0907. The van der Waals surface area contributed by atoms with E-state index in [9.17, 15) is 0 Å². The van der Waals surface area contributed by atoms with Crippen LogP contribution in [0.5, 0.6) is 0 Å². The van der Waals surface area contributed by atoms with Crippen LogP contribution >= 0.6 is 0 Å². The summed E-state index contributed by atoms with van der Waals surface area (Å²) in [6, 6.07) is 32.4. The lowest BCUT2D eigenvalue weighted by molar-refractivity contribution is 0.354. The molecular weight excluding hydrogens is 699 g/mol. The zero-order chi connectivity index (χ0) is 42.0. The number of allylic oxidation sites excluding steroid dienone is 15. The molecule has 0 spiro atoms. The van der Waals surface area contributed by atoms with Crippen molar-refractivity contribution in [1.29, 1.82) is 0 Å². The average molecular weight is 764 g/mol. The lowest BCUT2D eigenvalue weighted by atomic mass is 9.73. The van der Waals surface area contributed by atoms with E-state index in [4.69, 9.17) is 0 Å². The number of rotatable bonds is 8. The first-order valence-corrected chi connectivity index (χ1v) is 21.6. The van der Waals surface area contributed by atoms with Crippen LogP contribution in [-0.2, 0) is 10.8 Å².